The number of benzene rings is 1. The molecule has 1 aliphatic heterocycles. The molecule has 4 rings (SSSR count). The number of aliphatic hydroxyl groups is 1. The summed E-state index contributed by atoms with van der Waals surface area (Å²) < 4.78 is 5.02. The largest absolute Gasteiger partial charge is 0.404 e. The van der Waals surface area contributed by atoms with Gasteiger partial charge in [-0.25, -0.2) is 0 Å². The van der Waals surface area contributed by atoms with Gasteiger partial charge in [-0.1, -0.05) is 16.7 Å². The van der Waals surface area contributed by atoms with E-state index in [0.717, 1.165) is 18.7 Å². The Morgan fingerprint density at radius 2 is 2.00 bits per heavy atom. The highest BCUT2D eigenvalue weighted by Gasteiger charge is 2.48. The molecule has 0 radical (unpaired) electrons. The maximum absolute atomic E-state index is 11.3. The first-order valence-corrected chi connectivity index (χ1v) is 8.63. The van der Waals surface area contributed by atoms with Gasteiger partial charge in [-0.15, -0.1) is 5.10 Å². The lowest BCUT2D eigenvalue weighted by Crippen LogP contribution is -2.29. The molecular formula is C17H21ClN4O3. The zero-order chi connectivity index (χ0) is 17.9. The number of likely N-dealkylation sites (tertiary alicyclic amines) is 1. The Balaban J connectivity index is 0.000000146. The van der Waals surface area contributed by atoms with Crippen LogP contribution < -0.4 is 5.73 Å². The number of aliphatic hydroxyl groups excluding tert-OH is 1. The number of aromatic nitrogens is 2. The second-order valence-corrected chi connectivity index (χ2v) is 6.93. The predicted octanol–water partition coefficient (Wildman–Crippen LogP) is 2.35. The van der Waals surface area contributed by atoms with Crippen molar-refractivity contribution in [2.24, 2.45) is 5.41 Å². The summed E-state index contributed by atoms with van der Waals surface area (Å²) in [4.78, 5) is 13.2. The molecule has 1 saturated heterocycles. The van der Waals surface area contributed by atoms with Crippen LogP contribution in [0.15, 0.2) is 28.7 Å². The van der Waals surface area contributed by atoms with Crippen LogP contribution in [0.3, 0.4) is 0 Å². The quantitative estimate of drug-likeness (QED) is 0.866. The molecule has 1 aliphatic carbocycles. The minimum atomic E-state index is -0.0116. The van der Waals surface area contributed by atoms with Gasteiger partial charge in [-0.05, 0) is 48.9 Å². The van der Waals surface area contributed by atoms with E-state index in [1.165, 1.54) is 19.3 Å². The van der Waals surface area contributed by atoms with Gasteiger partial charge in [-0.3, -0.25) is 4.79 Å². The molecule has 2 aromatic rings. The normalized spacial score (nSPS) is 17.3. The highest BCUT2D eigenvalue weighted by Crippen LogP contribution is 2.52. The minimum Gasteiger partial charge on any atom is -0.404 e. The molecule has 0 bridgehead atoms. The number of halogens is 1. The molecule has 3 N–H and O–H groups in total. The van der Waals surface area contributed by atoms with Crippen molar-refractivity contribution in [1.82, 2.24) is 15.1 Å². The van der Waals surface area contributed by atoms with Crippen molar-refractivity contribution in [1.29, 1.82) is 0 Å². The third kappa shape index (κ3) is 4.49. The third-order valence-electron chi connectivity index (χ3n) is 4.61. The van der Waals surface area contributed by atoms with Crippen LogP contribution in [0.4, 0.5) is 6.01 Å². The van der Waals surface area contributed by atoms with Crippen LogP contribution in [0.2, 0.25) is 5.02 Å². The van der Waals surface area contributed by atoms with E-state index in [4.69, 9.17) is 26.9 Å². The van der Waals surface area contributed by atoms with Crippen molar-refractivity contribution in [3.8, 4) is 11.5 Å². The Morgan fingerprint density at radius 3 is 2.52 bits per heavy atom. The fourth-order valence-electron chi connectivity index (χ4n) is 2.93. The number of rotatable bonds is 3. The topological polar surface area (TPSA) is 105 Å². The predicted molar refractivity (Wildman–Crippen MR) is 93.7 cm³/mol. The summed E-state index contributed by atoms with van der Waals surface area (Å²) in [6.07, 6.45) is 4.09. The fourth-order valence-corrected chi connectivity index (χ4v) is 3.06. The maximum atomic E-state index is 11.3. The summed E-state index contributed by atoms with van der Waals surface area (Å²) in [6, 6.07) is 7.13. The molecule has 0 atom stereocenters. The van der Waals surface area contributed by atoms with Gasteiger partial charge in [0, 0.05) is 30.1 Å². The van der Waals surface area contributed by atoms with Gasteiger partial charge < -0.3 is 20.2 Å². The molecule has 2 fully saturated rings. The number of carbonyl (C=O) groups is 1. The van der Waals surface area contributed by atoms with Gasteiger partial charge >= 0.3 is 6.01 Å². The van der Waals surface area contributed by atoms with Gasteiger partial charge in [0.2, 0.25) is 11.8 Å². The van der Waals surface area contributed by atoms with Gasteiger partial charge in [0.1, 0.15) is 0 Å². The molecule has 25 heavy (non-hydrogen) atoms. The van der Waals surface area contributed by atoms with Gasteiger partial charge in [0.25, 0.3) is 0 Å². The molecule has 1 amide bonds. The van der Waals surface area contributed by atoms with Crippen LogP contribution in [0.25, 0.3) is 11.5 Å². The standard InChI is InChI=1S/C9H15NO2.C8H6ClN3O/c11-6-1-8(12)10-5-4-9(7-10)2-3-9;9-6-3-1-5(2-4-6)7-11-12-8(10)13-7/h11H,1-7H2;1-4H,(H2,10,12). The van der Waals surface area contributed by atoms with E-state index in [1.807, 2.05) is 4.90 Å². The molecule has 7 nitrogen and oxygen atoms in total. The summed E-state index contributed by atoms with van der Waals surface area (Å²) in [5.74, 6) is 0.524. The van der Waals surface area contributed by atoms with Crippen LogP contribution >= 0.6 is 11.6 Å². The van der Waals surface area contributed by atoms with Crippen LogP contribution in [0.5, 0.6) is 0 Å². The zero-order valence-electron chi connectivity index (χ0n) is 13.8. The van der Waals surface area contributed by atoms with E-state index < -0.39 is 0 Å². The SMILES string of the molecule is Nc1nnc(-c2ccc(Cl)cc2)o1.O=C(CCO)N1CCC2(CC2)C1. The van der Waals surface area contributed by atoms with E-state index in [2.05, 4.69) is 10.2 Å². The number of anilines is 1. The number of carbonyl (C=O) groups excluding carboxylic acids is 1. The lowest BCUT2D eigenvalue weighted by Gasteiger charge is -2.15. The number of nitrogen functional groups attached to an aromatic ring is 1. The van der Waals surface area contributed by atoms with E-state index in [-0.39, 0.29) is 18.5 Å². The Hall–Kier alpha value is -2.12. The fraction of sp³-hybridized carbons (Fsp3) is 0.471. The molecule has 2 aliphatic rings. The lowest BCUT2D eigenvalue weighted by atomic mass is 10.1. The van der Waals surface area contributed by atoms with Crippen molar-refractivity contribution >= 4 is 23.5 Å². The highest BCUT2D eigenvalue weighted by molar-refractivity contribution is 6.30. The molecule has 1 aromatic carbocycles. The van der Waals surface area contributed by atoms with Crippen LogP contribution in [-0.2, 0) is 4.79 Å². The van der Waals surface area contributed by atoms with E-state index in [1.54, 1.807) is 24.3 Å². The Kier molecular flexibility index (Phi) is 5.24. The molecule has 0 unspecified atom stereocenters. The summed E-state index contributed by atoms with van der Waals surface area (Å²) in [7, 11) is 0. The van der Waals surface area contributed by atoms with E-state index in [0.29, 0.717) is 22.7 Å². The number of amides is 1. The van der Waals surface area contributed by atoms with Gasteiger partial charge in [-0.2, -0.15) is 0 Å². The number of nitrogens with zero attached hydrogens (tertiary/aromatic N) is 3. The first-order valence-electron chi connectivity index (χ1n) is 8.25. The monoisotopic (exact) mass is 364 g/mol. The Bertz CT molecular complexity index is 728. The second kappa shape index (κ2) is 7.41. The smallest absolute Gasteiger partial charge is 0.313 e. The summed E-state index contributed by atoms with van der Waals surface area (Å²) in [5, 5.41) is 16.5. The van der Waals surface area contributed by atoms with Crippen molar-refractivity contribution in [3.05, 3.63) is 29.3 Å². The van der Waals surface area contributed by atoms with E-state index in [9.17, 15) is 4.79 Å². The lowest BCUT2D eigenvalue weighted by molar-refractivity contribution is -0.131. The number of nitrogens with two attached hydrogens (primary N) is 1. The van der Waals surface area contributed by atoms with Gasteiger partial charge in [0.05, 0.1) is 6.61 Å². The summed E-state index contributed by atoms with van der Waals surface area (Å²) in [5.41, 5.74) is 6.60. The highest BCUT2D eigenvalue weighted by atomic mass is 35.5. The molecule has 1 saturated carbocycles. The molecule has 2 heterocycles. The van der Waals surface area contributed by atoms with Crippen LogP contribution in [0.1, 0.15) is 25.7 Å². The van der Waals surface area contributed by atoms with Crippen molar-refractivity contribution in [2.45, 2.75) is 25.7 Å². The van der Waals surface area contributed by atoms with E-state index >= 15 is 0 Å². The van der Waals surface area contributed by atoms with Crippen molar-refractivity contribution in [2.75, 3.05) is 25.4 Å². The van der Waals surface area contributed by atoms with Crippen molar-refractivity contribution in [3.63, 3.8) is 0 Å². The first-order chi connectivity index (χ1) is 12.0. The molecule has 1 spiro atoms. The minimum absolute atomic E-state index is 0.0116. The average molecular weight is 365 g/mol. The number of hydrogen-bond donors (Lipinski definition) is 2. The third-order valence-corrected chi connectivity index (χ3v) is 4.86. The Labute approximate surface area is 150 Å². The average Bonchev–Trinajstić information content (AvgIpc) is 3.00. The zero-order valence-corrected chi connectivity index (χ0v) is 14.6. The van der Waals surface area contributed by atoms with Crippen LogP contribution in [0, 0.1) is 5.41 Å². The van der Waals surface area contributed by atoms with Crippen molar-refractivity contribution < 1.29 is 14.3 Å². The molecule has 134 valence electrons. The maximum Gasteiger partial charge on any atom is 0.313 e. The molecule has 8 heteroatoms. The van der Waals surface area contributed by atoms with Crippen LogP contribution in [-0.4, -0.2) is 45.8 Å². The van der Waals surface area contributed by atoms with Gasteiger partial charge in [0.15, 0.2) is 0 Å². The number of hydrogen-bond acceptors (Lipinski definition) is 6. The first kappa shape index (κ1) is 17.7. The summed E-state index contributed by atoms with van der Waals surface area (Å²) >= 11 is 5.71. The summed E-state index contributed by atoms with van der Waals surface area (Å²) in [6.45, 7) is 1.85. The molecular weight excluding hydrogens is 344 g/mol. The second-order valence-electron chi connectivity index (χ2n) is 6.49. The Morgan fingerprint density at radius 1 is 1.28 bits per heavy atom. The molecule has 1 aromatic heterocycles.